The summed E-state index contributed by atoms with van der Waals surface area (Å²) in [5.41, 5.74) is 2.37. The standard InChI is InChI=1S/C28H28FN3O5S/c1-18(2)20-7-11-23(12-8-20)32-26(33)17-25(28(32)35)31(27(34)21-5-9-22(29)10-6-21)16-15-19-3-13-24(14-4-19)38(30,36)37/h3-14,18,25H,15-17H2,1-2H3,(H2,30,36,37). The van der Waals surface area contributed by atoms with E-state index in [0.717, 1.165) is 22.6 Å². The highest BCUT2D eigenvalue weighted by Gasteiger charge is 2.44. The number of nitrogens with zero attached hydrogens (tertiary/aromatic N) is 2. The first kappa shape index (κ1) is 27.2. The number of carbonyl (C=O) groups is 3. The number of amides is 3. The van der Waals surface area contributed by atoms with E-state index < -0.39 is 39.6 Å². The summed E-state index contributed by atoms with van der Waals surface area (Å²) in [5.74, 6) is -1.69. The van der Waals surface area contributed by atoms with Gasteiger partial charge in [0.25, 0.3) is 11.8 Å². The van der Waals surface area contributed by atoms with Crippen LogP contribution in [-0.4, -0.2) is 43.6 Å². The van der Waals surface area contributed by atoms with Crippen LogP contribution in [-0.2, 0) is 26.0 Å². The Balaban J connectivity index is 1.61. The number of sulfonamides is 1. The van der Waals surface area contributed by atoms with Crippen LogP contribution in [0.2, 0.25) is 0 Å². The highest BCUT2D eigenvalue weighted by molar-refractivity contribution is 7.89. The molecule has 10 heteroatoms. The van der Waals surface area contributed by atoms with Crippen molar-refractivity contribution in [3.63, 3.8) is 0 Å². The van der Waals surface area contributed by atoms with Crippen molar-refractivity contribution in [2.75, 3.05) is 11.4 Å². The minimum atomic E-state index is -3.85. The molecule has 8 nitrogen and oxygen atoms in total. The largest absolute Gasteiger partial charge is 0.326 e. The second-order valence-electron chi connectivity index (χ2n) is 9.48. The van der Waals surface area contributed by atoms with Crippen molar-refractivity contribution in [3.8, 4) is 0 Å². The summed E-state index contributed by atoms with van der Waals surface area (Å²) < 4.78 is 36.6. The molecule has 1 saturated heterocycles. The van der Waals surface area contributed by atoms with E-state index in [-0.39, 0.29) is 35.8 Å². The first-order chi connectivity index (χ1) is 18.0. The van der Waals surface area contributed by atoms with Gasteiger partial charge < -0.3 is 4.90 Å². The number of primary sulfonamides is 1. The van der Waals surface area contributed by atoms with Gasteiger partial charge in [-0.15, -0.1) is 0 Å². The van der Waals surface area contributed by atoms with Gasteiger partial charge in [-0.25, -0.2) is 22.8 Å². The number of imide groups is 1. The molecule has 1 atom stereocenters. The van der Waals surface area contributed by atoms with E-state index >= 15 is 0 Å². The van der Waals surface area contributed by atoms with Crippen molar-refractivity contribution in [2.45, 2.75) is 43.5 Å². The molecule has 38 heavy (non-hydrogen) atoms. The number of nitrogens with two attached hydrogens (primary N) is 1. The van der Waals surface area contributed by atoms with Gasteiger partial charge in [0.1, 0.15) is 11.9 Å². The van der Waals surface area contributed by atoms with Gasteiger partial charge in [0, 0.05) is 12.1 Å². The second-order valence-corrected chi connectivity index (χ2v) is 11.0. The zero-order valence-electron chi connectivity index (χ0n) is 21.0. The van der Waals surface area contributed by atoms with Crippen LogP contribution in [0.1, 0.15) is 47.7 Å². The highest BCUT2D eigenvalue weighted by atomic mass is 32.2. The molecule has 1 aliphatic rings. The third-order valence-corrected chi connectivity index (χ3v) is 7.49. The maximum absolute atomic E-state index is 13.5. The predicted octanol–water partition coefficient (Wildman–Crippen LogP) is 3.61. The molecule has 0 bridgehead atoms. The molecule has 1 fully saturated rings. The zero-order valence-corrected chi connectivity index (χ0v) is 21.8. The summed E-state index contributed by atoms with van der Waals surface area (Å²) in [7, 11) is -3.85. The van der Waals surface area contributed by atoms with Gasteiger partial charge in [-0.1, -0.05) is 38.1 Å². The van der Waals surface area contributed by atoms with Crippen LogP contribution in [0.3, 0.4) is 0 Å². The Morgan fingerprint density at radius 3 is 2.16 bits per heavy atom. The number of hydrogen-bond acceptors (Lipinski definition) is 5. The molecule has 1 aliphatic heterocycles. The van der Waals surface area contributed by atoms with Crippen molar-refractivity contribution < 1.29 is 27.2 Å². The molecule has 3 aromatic carbocycles. The van der Waals surface area contributed by atoms with E-state index in [2.05, 4.69) is 0 Å². The third-order valence-electron chi connectivity index (χ3n) is 6.56. The lowest BCUT2D eigenvalue weighted by Crippen LogP contribution is -2.46. The van der Waals surface area contributed by atoms with Crippen molar-refractivity contribution >= 4 is 33.4 Å². The first-order valence-electron chi connectivity index (χ1n) is 12.1. The van der Waals surface area contributed by atoms with Gasteiger partial charge in [-0.2, -0.15) is 0 Å². The molecule has 0 aromatic heterocycles. The SMILES string of the molecule is CC(C)c1ccc(N2C(=O)CC(N(CCc3ccc(S(N)(=O)=O)cc3)C(=O)c3ccc(F)cc3)C2=O)cc1. The normalized spacial score (nSPS) is 15.8. The van der Waals surface area contributed by atoms with E-state index in [0.29, 0.717) is 11.3 Å². The highest BCUT2D eigenvalue weighted by Crippen LogP contribution is 2.28. The maximum atomic E-state index is 13.5. The van der Waals surface area contributed by atoms with Crippen molar-refractivity contribution in [3.05, 3.63) is 95.3 Å². The van der Waals surface area contributed by atoms with Crippen LogP contribution in [0.25, 0.3) is 0 Å². The van der Waals surface area contributed by atoms with Crippen molar-refractivity contribution in [1.29, 1.82) is 0 Å². The fourth-order valence-corrected chi connectivity index (χ4v) is 4.91. The number of benzene rings is 3. The summed E-state index contributed by atoms with van der Waals surface area (Å²) >= 11 is 0. The van der Waals surface area contributed by atoms with E-state index in [1.165, 1.54) is 29.2 Å². The molecule has 198 valence electrons. The Bertz CT molecular complexity index is 1450. The minimum Gasteiger partial charge on any atom is -0.326 e. The van der Waals surface area contributed by atoms with Gasteiger partial charge in [-0.05, 0) is 72.0 Å². The van der Waals surface area contributed by atoms with E-state index in [4.69, 9.17) is 5.14 Å². The van der Waals surface area contributed by atoms with Crippen LogP contribution in [0.15, 0.2) is 77.7 Å². The smallest absolute Gasteiger partial charge is 0.257 e. The Kier molecular flexibility index (Phi) is 7.75. The zero-order chi connectivity index (χ0) is 27.6. The topological polar surface area (TPSA) is 118 Å². The van der Waals surface area contributed by atoms with Crippen LogP contribution in [0, 0.1) is 5.82 Å². The summed E-state index contributed by atoms with van der Waals surface area (Å²) in [6.07, 6.45) is 0.0843. The first-order valence-corrected chi connectivity index (χ1v) is 13.7. The van der Waals surface area contributed by atoms with Crippen LogP contribution >= 0.6 is 0 Å². The summed E-state index contributed by atoms with van der Waals surface area (Å²) in [6.45, 7) is 4.14. The van der Waals surface area contributed by atoms with Crippen molar-refractivity contribution in [2.24, 2.45) is 5.14 Å². The number of hydrogen-bond donors (Lipinski definition) is 1. The van der Waals surface area contributed by atoms with Crippen LogP contribution in [0.4, 0.5) is 10.1 Å². The Morgan fingerprint density at radius 2 is 1.61 bits per heavy atom. The number of carbonyl (C=O) groups excluding carboxylic acids is 3. The number of anilines is 1. The molecule has 0 radical (unpaired) electrons. The van der Waals surface area contributed by atoms with Crippen LogP contribution in [0.5, 0.6) is 0 Å². The number of rotatable bonds is 8. The van der Waals surface area contributed by atoms with Gasteiger partial charge >= 0.3 is 0 Å². The molecule has 4 rings (SSSR count). The molecule has 0 aliphatic carbocycles. The second kappa shape index (κ2) is 10.8. The van der Waals surface area contributed by atoms with E-state index in [9.17, 15) is 27.2 Å². The lowest BCUT2D eigenvalue weighted by Gasteiger charge is -2.28. The summed E-state index contributed by atoms with van der Waals surface area (Å²) in [4.78, 5) is 42.3. The summed E-state index contributed by atoms with van der Waals surface area (Å²) in [5, 5.41) is 5.16. The molecule has 3 amide bonds. The average Bonchev–Trinajstić information content (AvgIpc) is 3.17. The molecular formula is C28H28FN3O5S. The molecule has 3 aromatic rings. The average molecular weight is 538 g/mol. The van der Waals surface area contributed by atoms with Crippen LogP contribution < -0.4 is 10.0 Å². The monoisotopic (exact) mass is 537 g/mol. The molecule has 2 N–H and O–H groups in total. The Hall–Kier alpha value is -3.89. The lowest BCUT2D eigenvalue weighted by atomic mass is 10.0. The molecule has 0 spiro atoms. The Labute approximate surface area is 220 Å². The maximum Gasteiger partial charge on any atom is 0.257 e. The van der Waals surface area contributed by atoms with Gasteiger partial charge in [-0.3, -0.25) is 14.4 Å². The fraction of sp³-hybridized carbons (Fsp3) is 0.250. The Morgan fingerprint density at radius 1 is 1.00 bits per heavy atom. The molecule has 1 unspecified atom stereocenters. The van der Waals surface area contributed by atoms with Crippen molar-refractivity contribution in [1.82, 2.24) is 4.90 Å². The predicted molar refractivity (Wildman–Crippen MR) is 140 cm³/mol. The summed E-state index contributed by atoms with van der Waals surface area (Å²) in [6, 6.07) is 16.9. The fourth-order valence-electron chi connectivity index (χ4n) is 4.39. The van der Waals surface area contributed by atoms with Gasteiger partial charge in [0.15, 0.2) is 0 Å². The minimum absolute atomic E-state index is 0.0452. The molecule has 1 heterocycles. The van der Waals surface area contributed by atoms with Gasteiger partial charge in [0.05, 0.1) is 17.0 Å². The quantitative estimate of drug-likeness (QED) is 0.441. The van der Waals surface area contributed by atoms with E-state index in [1.54, 1.807) is 24.3 Å². The third kappa shape index (κ3) is 5.81. The lowest BCUT2D eigenvalue weighted by molar-refractivity contribution is -0.122. The number of halogens is 1. The van der Waals surface area contributed by atoms with Gasteiger partial charge in [0.2, 0.25) is 15.9 Å². The molecule has 0 saturated carbocycles. The molecular weight excluding hydrogens is 509 g/mol. The van der Waals surface area contributed by atoms with E-state index in [1.807, 2.05) is 26.0 Å².